The van der Waals surface area contributed by atoms with Gasteiger partial charge in [0.05, 0.1) is 17.7 Å². The monoisotopic (exact) mass is 460 g/mol. The summed E-state index contributed by atoms with van der Waals surface area (Å²) in [7, 11) is -2.11. The summed E-state index contributed by atoms with van der Waals surface area (Å²) in [4.78, 5) is 5.31. The molecule has 0 spiro atoms. The number of ether oxygens (including phenoxy) is 1. The first-order valence-electron chi connectivity index (χ1n) is 9.52. The van der Waals surface area contributed by atoms with Crippen LogP contribution >= 0.6 is 11.3 Å². The van der Waals surface area contributed by atoms with Crippen molar-refractivity contribution in [2.45, 2.75) is 25.2 Å². The van der Waals surface area contributed by atoms with Gasteiger partial charge in [0.25, 0.3) is 0 Å². The number of hydrogen-bond donors (Lipinski definition) is 1. The second kappa shape index (κ2) is 8.37. The Morgan fingerprint density at radius 3 is 2.61 bits per heavy atom. The lowest BCUT2D eigenvalue weighted by Crippen LogP contribution is -2.26. The Labute approximate surface area is 183 Å². The lowest BCUT2D eigenvalue weighted by molar-refractivity contribution is 0.408. The molecule has 0 unspecified atom stereocenters. The fraction of sp³-hybridized carbons (Fsp3) is 0.238. The molecular weight excluding hydrogens is 439 g/mol. The molecule has 2 aromatic carbocycles. The lowest BCUT2D eigenvalue weighted by Gasteiger charge is -2.12. The second-order valence-electron chi connectivity index (χ2n) is 7.11. The average molecular weight is 461 g/mol. The van der Waals surface area contributed by atoms with Gasteiger partial charge in [-0.3, -0.25) is 0 Å². The molecule has 31 heavy (non-hydrogen) atoms. The topological polar surface area (TPSA) is 85.6 Å². The Bertz CT molecular complexity index is 1340. The summed E-state index contributed by atoms with van der Waals surface area (Å²) in [6, 6.07) is 9.30. The Hall–Kier alpha value is -2.82. The highest BCUT2D eigenvalue weighted by molar-refractivity contribution is 7.89. The van der Waals surface area contributed by atoms with Crippen LogP contribution in [0.3, 0.4) is 0 Å². The van der Waals surface area contributed by atoms with E-state index < -0.39 is 10.0 Å². The minimum atomic E-state index is -3.67. The summed E-state index contributed by atoms with van der Waals surface area (Å²) in [5, 5.41) is 6.35. The Morgan fingerprint density at radius 1 is 1.19 bits per heavy atom. The Kier molecular flexibility index (Phi) is 5.78. The van der Waals surface area contributed by atoms with Crippen LogP contribution in [0.4, 0.5) is 4.39 Å². The fourth-order valence-corrected chi connectivity index (χ4v) is 5.49. The largest absolute Gasteiger partial charge is 0.496 e. The highest BCUT2D eigenvalue weighted by atomic mass is 32.2. The molecule has 0 atom stereocenters. The van der Waals surface area contributed by atoms with Gasteiger partial charge in [-0.05, 0) is 49.2 Å². The summed E-state index contributed by atoms with van der Waals surface area (Å²) in [6.07, 6.45) is 0.430. The molecule has 0 aliphatic carbocycles. The predicted molar refractivity (Wildman–Crippen MR) is 118 cm³/mol. The van der Waals surface area contributed by atoms with Crippen molar-refractivity contribution in [3.05, 3.63) is 64.4 Å². The minimum Gasteiger partial charge on any atom is -0.496 e. The van der Waals surface area contributed by atoms with Gasteiger partial charge in [0, 0.05) is 23.9 Å². The third kappa shape index (κ3) is 4.32. The highest BCUT2D eigenvalue weighted by Crippen LogP contribution is 2.26. The van der Waals surface area contributed by atoms with Crippen LogP contribution in [0, 0.1) is 19.7 Å². The van der Waals surface area contributed by atoms with E-state index in [1.165, 1.54) is 23.5 Å². The number of nitrogens with one attached hydrogen (secondary N) is 1. The molecular formula is C21H21FN4O3S2. The standard InChI is InChI=1S/C21H21FN4O3S2/c1-13-9-18(10-14(2)19(13)29-3)31(27,28)23-8-7-17-12-30-21-24-20(25-26(17)21)15-5-4-6-16(22)11-15/h4-6,9-12,23H,7-8H2,1-3H3. The van der Waals surface area contributed by atoms with Crippen molar-refractivity contribution in [2.24, 2.45) is 0 Å². The Morgan fingerprint density at radius 2 is 1.94 bits per heavy atom. The van der Waals surface area contributed by atoms with Crippen LogP contribution in [0.5, 0.6) is 5.75 Å². The first-order valence-corrected chi connectivity index (χ1v) is 11.9. The van der Waals surface area contributed by atoms with Crippen molar-refractivity contribution in [3.8, 4) is 17.1 Å². The van der Waals surface area contributed by atoms with E-state index in [1.54, 1.807) is 35.9 Å². The molecule has 2 heterocycles. The van der Waals surface area contributed by atoms with Gasteiger partial charge in [0.1, 0.15) is 11.6 Å². The molecule has 0 fully saturated rings. The predicted octanol–water partition coefficient (Wildman–Crippen LogP) is 3.74. The van der Waals surface area contributed by atoms with Gasteiger partial charge in [-0.2, -0.15) is 4.98 Å². The van der Waals surface area contributed by atoms with Crippen molar-refractivity contribution in [1.29, 1.82) is 0 Å². The van der Waals surface area contributed by atoms with Gasteiger partial charge >= 0.3 is 0 Å². The van der Waals surface area contributed by atoms with E-state index in [-0.39, 0.29) is 17.3 Å². The molecule has 0 saturated heterocycles. The SMILES string of the molecule is COc1c(C)cc(S(=O)(=O)NCCc2csc3nc(-c4cccc(F)c4)nn23)cc1C. The van der Waals surface area contributed by atoms with Crippen molar-refractivity contribution >= 4 is 26.3 Å². The molecule has 0 aliphatic heterocycles. The van der Waals surface area contributed by atoms with Crippen LogP contribution in [0.15, 0.2) is 46.7 Å². The van der Waals surface area contributed by atoms with Gasteiger partial charge in [-0.1, -0.05) is 12.1 Å². The van der Waals surface area contributed by atoms with Crippen LogP contribution < -0.4 is 9.46 Å². The molecule has 162 valence electrons. The van der Waals surface area contributed by atoms with Crippen molar-refractivity contribution in [3.63, 3.8) is 0 Å². The summed E-state index contributed by atoms with van der Waals surface area (Å²) in [5.74, 6) is 0.756. The molecule has 0 saturated carbocycles. The maximum absolute atomic E-state index is 13.5. The van der Waals surface area contributed by atoms with Crippen LogP contribution in [-0.4, -0.2) is 36.7 Å². The van der Waals surface area contributed by atoms with Crippen molar-refractivity contribution in [2.75, 3.05) is 13.7 Å². The zero-order chi connectivity index (χ0) is 22.2. The summed E-state index contributed by atoms with van der Waals surface area (Å²) in [5.41, 5.74) is 2.93. The minimum absolute atomic E-state index is 0.202. The molecule has 0 amide bonds. The average Bonchev–Trinajstić information content (AvgIpc) is 3.29. The number of benzene rings is 2. The van der Waals surface area contributed by atoms with Crippen molar-refractivity contribution < 1.29 is 17.5 Å². The van der Waals surface area contributed by atoms with Gasteiger partial charge in [0.2, 0.25) is 15.0 Å². The van der Waals surface area contributed by atoms with Crippen LogP contribution in [-0.2, 0) is 16.4 Å². The third-order valence-corrected chi connectivity index (χ3v) is 7.16. The smallest absolute Gasteiger partial charge is 0.240 e. The van der Waals surface area contributed by atoms with Crippen LogP contribution in [0.25, 0.3) is 16.3 Å². The normalized spacial score (nSPS) is 11.9. The number of rotatable bonds is 7. The number of aromatic nitrogens is 3. The maximum Gasteiger partial charge on any atom is 0.240 e. The molecule has 4 aromatic rings. The zero-order valence-corrected chi connectivity index (χ0v) is 18.8. The maximum atomic E-state index is 13.5. The number of methoxy groups -OCH3 is 1. The van der Waals surface area contributed by atoms with Crippen LogP contribution in [0.1, 0.15) is 16.8 Å². The van der Waals surface area contributed by atoms with E-state index >= 15 is 0 Å². The third-order valence-electron chi connectivity index (χ3n) is 4.85. The van der Waals surface area contributed by atoms with E-state index in [4.69, 9.17) is 4.74 Å². The molecule has 7 nitrogen and oxygen atoms in total. The number of hydrogen-bond acceptors (Lipinski definition) is 6. The first-order chi connectivity index (χ1) is 14.8. The number of sulfonamides is 1. The molecule has 10 heteroatoms. The molecule has 0 radical (unpaired) electrons. The molecule has 0 bridgehead atoms. The number of fused-ring (bicyclic) bond motifs is 1. The summed E-state index contributed by atoms with van der Waals surface area (Å²) < 4.78 is 48.6. The number of halogens is 1. The fourth-order valence-electron chi connectivity index (χ4n) is 3.43. The van der Waals surface area contributed by atoms with E-state index in [1.807, 2.05) is 19.2 Å². The van der Waals surface area contributed by atoms with E-state index in [0.29, 0.717) is 28.5 Å². The Balaban J connectivity index is 1.49. The van der Waals surface area contributed by atoms with Gasteiger partial charge in [-0.15, -0.1) is 16.4 Å². The number of aryl methyl sites for hydroxylation is 2. The highest BCUT2D eigenvalue weighted by Gasteiger charge is 2.18. The second-order valence-corrected chi connectivity index (χ2v) is 9.71. The summed E-state index contributed by atoms with van der Waals surface area (Å²) in [6.45, 7) is 3.83. The van der Waals surface area contributed by atoms with Gasteiger partial charge in [0.15, 0.2) is 5.82 Å². The van der Waals surface area contributed by atoms with Crippen molar-refractivity contribution in [1.82, 2.24) is 19.3 Å². The van der Waals surface area contributed by atoms with Gasteiger partial charge < -0.3 is 4.74 Å². The molecule has 0 aliphatic rings. The summed E-state index contributed by atoms with van der Waals surface area (Å²) >= 11 is 1.40. The lowest BCUT2D eigenvalue weighted by atomic mass is 10.1. The van der Waals surface area contributed by atoms with E-state index in [2.05, 4.69) is 14.8 Å². The van der Waals surface area contributed by atoms with E-state index in [0.717, 1.165) is 16.8 Å². The number of nitrogens with zero attached hydrogens (tertiary/aromatic N) is 3. The van der Waals surface area contributed by atoms with Crippen LogP contribution in [0.2, 0.25) is 0 Å². The zero-order valence-electron chi connectivity index (χ0n) is 17.2. The van der Waals surface area contributed by atoms with E-state index in [9.17, 15) is 12.8 Å². The molecule has 1 N–H and O–H groups in total. The quantitative estimate of drug-likeness (QED) is 0.454. The first kappa shape index (κ1) is 21.4. The molecule has 4 rings (SSSR count). The number of thiazole rings is 1. The molecule has 2 aromatic heterocycles. The van der Waals surface area contributed by atoms with Gasteiger partial charge in [-0.25, -0.2) is 22.0 Å².